The van der Waals surface area contributed by atoms with Crippen molar-refractivity contribution < 1.29 is 8.42 Å². The molecule has 0 saturated heterocycles. The van der Waals surface area contributed by atoms with E-state index in [1.807, 2.05) is 13.8 Å². The topological polar surface area (TPSA) is 101 Å². The van der Waals surface area contributed by atoms with Gasteiger partial charge in [-0.3, -0.25) is 5.10 Å². The van der Waals surface area contributed by atoms with Crippen LogP contribution in [0.5, 0.6) is 0 Å². The van der Waals surface area contributed by atoms with Crippen molar-refractivity contribution in [2.45, 2.75) is 31.7 Å². The van der Waals surface area contributed by atoms with Crippen LogP contribution in [0.25, 0.3) is 0 Å². The minimum absolute atomic E-state index is 0.142. The van der Waals surface area contributed by atoms with E-state index in [0.717, 1.165) is 36.5 Å². The number of sulfonamides is 1. The molecule has 21 heavy (non-hydrogen) atoms. The van der Waals surface area contributed by atoms with Gasteiger partial charge in [0.2, 0.25) is 10.0 Å². The minimum atomic E-state index is -3.61. The quantitative estimate of drug-likeness (QED) is 0.693. The molecule has 1 heterocycles. The van der Waals surface area contributed by atoms with Crippen LogP contribution in [-0.4, -0.2) is 25.2 Å². The molecule has 2 aromatic rings. The molecule has 0 spiro atoms. The lowest BCUT2D eigenvalue weighted by Gasteiger charge is -2.06. The zero-order chi connectivity index (χ0) is 15.5. The number of aromatic nitrogens is 2. The molecule has 0 aliphatic heterocycles. The Morgan fingerprint density at radius 1 is 1.24 bits per heavy atom. The SMILES string of the molecule is Cc1n[nH]c(C)c1CNCCc1ccc(S(N)(=O)=O)cc1. The molecule has 2 rings (SSSR count). The van der Waals surface area contributed by atoms with Crippen LogP contribution in [0.1, 0.15) is 22.5 Å². The lowest BCUT2D eigenvalue weighted by atomic mass is 10.1. The number of nitrogens with zero attached hydrogens (tertiary/aromatic N) is 1. The van der Waals surface area contributed by atoms with Crippen molar-refractivity contribution in [2.24, 2.45) is 5.14 Å². The summed E-state index contributed by atoms with van der Waals surface area (Å²) in [6.07, 6.45) is 0.820. The zero-order valence-corrected chi connectivity index (χ0v) is 13.0. The normalized spacial score (nSPS) is 11.8. The predicted molar refractivity (Wildman–Crippen MR) is 81.3 cm³/mol. The molecule has 6 nitrogen and oxygen atoms in total. The highest BCUT2D eigenvalue weighted by Gasteiger charge is 2.07. The molecule has 0 aliphatic carbocycles. The van der Waals surface area contributed by atoms with Gasteiger partial charge in [0.1, 0.15) is 0 Å². The molecule has 0 atom stereocenters. The molecule has 114 valence electrons. The fourth-order valence-electron chi connectivity index (χ4n) is 2.13. The van der Waals surface area contributed by atoms with Crippen LogP contribution in [0.4, 0.5) is 0 Å². The third-order valence-electron chi connectivity index (χ3n) is 3.42. The van der Waals surface area contributed by atoms with Gasteiger partial charge in [-0.15, -0.1) is 0 Å². The van der Waals surface area contributed by atoms with Crippen LogP contribution >= 0.6 is 0 Å². The van der Waals surface area contributed by atoms with Crippen molar-refractivity contribution in [2.75, 3.05) is 6.54 Å². The van der Waals surface area contributed by atoms with E-state index in [9.17, 15) is 8.42 Å². The standard InChI is InChI=1S/C14H20N4O2S/c1-10-14(11(2)18-17-10)9-16-8-7-12-3-5-13(6-4-12)21(15,19)20/h3-6,16H,7-9H2,1-2H3,(H,17,18)(H2,15,19,20). The maximum atomic E-state index is 11.2. The molecular formula is C14H20N4O2S. The lowest BCUT2D eigenvalue weighted by molar-refractivity contribution is 0.597. The number of benzene rings is 1. The molecule has 0 unspecified atom stereocenters. The molecule has 0 bridgehead atoms. The van der Waals surface area contributed by atoms with Crippen molar-refractivity contribution in [3.05, 3.63) is 46.8 Å². The summed E-state index contributed by atoms with van der Waals surface area (Å²) < 4.78 is 22.3. The Morgan fingerprint density at radius 2 is 1.90 bits per heavy atom. The van der Waals surface area contributed by atoms with E-state index in [4.69, 9.17) is 5.14 Å². The molecule has 1 aromatic carbocycles. The molecule has 0 amide bonds. The number of aryl methyl sites for hydroxylation is 2. The summed E-state index contributed by atoms with van der Waals surface area (Å²) in [7, 11) is -3.61. The number of hydrogen-bond acceptors (Lipinski definition) is 4. The highest BCUT2D eigenvalue weighted by molar-refractivity contribution is 7.89. The molecule has 1 aromatic heterocycles. The van der Waals surface area contributed by atoms with E-state index in [1.165, 1.54) is 17.7 Å². The fourth-order valence-corrected chi connectivity index (χ4v) is 2.64. The summed E-state index contributed by atoms with van der Waals surface area (Å²) in [5.41, 5.74) is 4.35. The van der Waals surface area contributed by atoms with Crippen molar-refractivity contribution >= 4 is 10.0 Å². The minimum Gasteiger partial charge on any atom is -0.312 e. The average molecular weight is 308 g/mol. The van der Waals surface area contributed by atoms with Crippen LogP contribution in [0.3, 0.4) is 0 Å². The molecule has 0 saturated carbocycles. The van der Waals surface area contributed by atoms with Crippen molar-refractivity contribution in [1.29, 1.82) is 0 Å². The third kappa shape index (κ3) is 4.13. The van der Waals surface area contributed by atoms with E-state index >= 15 is 0 Å². The van der Waals surface area contributed by atoms with E-state index < -0.39 is 10.0 Å². The third-order valence-corrected chi connectivity index (χ3v) is 4.35. The second-order valence-corrected chi connectivity index (χ2v) is 6.59. The lowest BCUT2D eigenvalue weighted by Crippen LogP contribution is -2.17. The van der Waals surface area contributed by atoms with Crippen LogP contribution in [0.2, 0.25) is 0 Å². The Bertz CT molecular complexity index is 686. The van der Waals surface area contributed by atoms with Crippen LogP contribution in [-0.2, 0) is 23.0 Å². The Labute approximate surface area is 124 Å². The van der Waals surface area contributed by atoms with Crippen molar-refractivity contribution in [3.8, 4) is 0 Å². The van der Waals surface area contributed by atoms with Gasteiger partial charge in [0.05, 0.1) is 10.6 Å². The molecule has 0 aliphatic rings. The summed E-state index contributed by atoms with van der Waals surface area (Å²) in [6, 6.07) is 6.65. The number of hydrogen-bond donors (Lipinski definition) is 3. The van der Waals surface area contributed by atoms with Gasteiger partial charge in [-0.25, -0.2) is 13.6 Å². The van der Waals surface area contributed by atoms with Gasteiger partial charge in [0.15, 0.2) is 0 Å². The van der Waals surface area contributed by atoms with E-state index in [0.29, 0.717) is 0 Å². The highest BCUT2D eigenvalue weighted by atomic mass is 32.2. The number of nitrogens with one attached hydrogen (secondary N) is 2. The number of aromatic amines is 1. The summed E-state index contributed by atoms with van der Waals surface area (Å²) in [5, 5.41) is 15.5. The van der Waals surface area contributed by atoms with E-state index in [1.54, 1.807) is 12.1 Å². The average Bonchev–Trinajstić information content (AvgIpc) is 2.74. The van der Waals surface area contributed by atoms with Crippen LogP contribution in [0.15, 0.2) is 29.2 Å². The van der Waals surface area contributed by atoms with Crippen molar-refractivity contribution in [1.82, 2.24) is 15.5 Å². The monoisotopic (exact) mass is 308 g/mol. The van der Waals surface area contributed by atoms with Gasteiger partial charge in [-0.1, -0.05) is 12.1 Å². The number of nitrogens with two attached hydrogens (primary N) is 1. The van der Waals surface area contributed by atoms with Crippen molar-refractivity contribution in [3.63, 3.8) is 0 Å². The second-order valence-electron chi connectivity index (χ2n) is 5.03. The van der Waals surface area contributed by atoms with Gasteiger partial charge in [-0.2, -0.15) is 5.10 Å². The first-order valence-corrected chi connectivity index (χ1v) is 8.25. The van der Waals surface area contributed by atoms with Gasteiger partial charge < -0.3 is 5.32 Å². The van der Waals surface area contributed by atoms with E-state index in [2.05, 4.69) is 15.5 Å². The van der Waals surface area contributed by atoms with Crippen LogP contribution in [0, 0.1) is 13.8 Å². The number of rotatable bonds is 6. The first-order chi connectivity index (χ1) is 9.88. The van der Waals surface area contributed by atoms with Gasteiger partial charge in [-0.05, 0) is 44.5 Å². The predicted octanol–water partition coefficient (Wildman–Crippen LogP) is 1.01. The zero-order valence-electron chi connectivity index (χ0n) is 12.2. The van der Waals surface area contributed by atoms with Gasteiger partial charge in [0, 0.05) is 17.8 Å². The molecular weight excluding hydrogens is 288 g/mol. The Hall–Kier alpha value is -1.70. The first kappa shape index (κ1) is 15.7. The molecule has 0 radical (unpaired) electrons. The smallest absolute Gasteiger partial charge is 0.238 e. The Balaban J connectivity index is 1.84. The number of primary sulfonamides is 1. The summed E-state index contributed by atoms with van der Waals surface area (Å²) in [4.78, 5) is 0.142. The summed E-state index contributed by atoms with van der Waals surface area (Å²) in [6.45, 7) is 5.55. The summed E-state index contributed by atoms with van der Waals surface area (Å²) >= 11 is 0. The summed E-state index contributed by atoms with van der Waals surface area (Å²) in [5.74, 6) is 0. The van der Waals surface area contributed by atoms with Crippen LogP contribution < -0.4 is 10.5 Å². The molecule has 7 heteroatoms. The van der Waals surface area contributed by atoms with Gasteiger partial charge in [0.25, 0.3) is 0 Å². The molecule has 0 fully saturated rings. The van der Waals surface area contributed by atoms with Gasteiger partial charge >= 0.3 is 0 Å². The highest BCUT2D eigenvalue weighted by Crippen LogP contribution is 2.10. The Kier molecular flexibility index (Phi) is 4.76. The largest absolute Gasteiger partial charge is 0.312 e. The number of H-pyrrole nitrogens is 1. The maximum Gasteiger partial charge on any atom is 0.238 e. The molecule has 4 N–H and O–H groups in total. The van der Waals surface area contributed by atoms with E-state index in [-0.39, 0.29) is 4.90 Å². The fraction of sp³-hybridized carbons (Fsp3) is 0.357. The first-order valence-electron chi connectivity index (χ1n) is 6.71. The maximum absolute atomic E-state index is 11.2. The second kappa shape index (κ2) is 6.38. The Morgan fingerprint density at radius 3 is 2.43 bits per heavy atom.